The molecule has 94 valence electrons. The molecule has 0 aromatic carbocycles. The Labute approximate surface area is 98.6 Å². The number of halogens is 2. The highest BCUT2D eigenvalue weighted by atomic mass is 19.3. The Morgan fingerprint density at radius 3 is 2.65 bits per heavy atom. The lowest BCUT2D eigenvalue weighted by atomic mass is 9.97. The first-order valence-electron chi connectivity index (χ1n) is 5.60. The Bertz CT molecular complexity index is 367. The number of hydrogen-bond donors (Lipinski definition) is 0. The van der Waals surface area contributed by atoms with Crippen molar-refractivity contribution in [1.29, 1.82) is 0 Å². The first-order valence-corrected chi connectivity index (χ1v) is 5.60. The summed E-state index contributed by atoms with van der Waals surface area (Å²) in [5.41, 5.74) is 0. The largest absolute Gasteiger partial charge is 0.481 e. The van der Waals surface area contributed by atoms with E-state index in [1.54, 1.807) is 6.07 Å². The molecule has 0 saturated carbocycles. The Kier molecular flexibility index (Phi) is 3.71. The summed E-state index contributed by atoms with van der Waals surface area (Å²) in [4.78, 5) is 10.0. The van der Waals surface area contributed by atoms with Crippen molar-refractivity contribution >= 4 is 5.82 Å². The third-order valence-electron chi connectivity index (χ3n) is 3.06. The highest BCUT2D eigenvalue weighted by Gasteiger charge is 2.26. The van der Waals surface area contributed by atoms with Crippen LogP contribution in [0.25, 0.3) is 0 Å². The van der Waals surface area contributed by atoms with Gasteiger partial charge in [-0.1, -0.05) is 0 Å². The lowest BCUT2D eigenvalue weighted by Gasteiger charge is -2.32. The van der Waals surface area contributed by atoms with Crippen LogP contribution in [0.3, 0.4) is 0 Å². The van der Waals surface area contributed by atoms with Crippen LogP contribution in [0.15, 0.2) is 12.4 Å². The van der Waals surface area contributed by atoms with Gasteiger partial charge in [-0.25, -0.2) is 18.7 Å². The zero-order chi connectivity index (χ0) is 12.3. The highest BCUT2D eigenvalue weighted by molar-refractivity contribution is 5.41. The van der Waals surface area contributed by atoms with Crippen LogP contribution in [-0.2, 0) is 0 Å². The van der Waals surface area contributed by atoms with Gasteiger partial charge < -0.3 is 9.64 Å². The van der Waals surface area contributed by atoms with Gasteiger partial charge in [0, 0.05) is 25.1 Å². The number of anilines is 1. The van der Waals surface area contributed by atoms with Crippen molar-refractivity contribution < 1.29 is 13.5 Å². The van der Waals surface area contributed by atoms with E-state index in [4.69, 9.17) is 4.74 Å². The molecule has 0 N–H and O–H groups in total. The molecule has 0 unspecified atom stereocenters. The molecule has 1 aromatic heterocycles. The SMILES string of the molecule is COc1cc(N2CCC(C(F)F)CC2)ncn1. The fourth-order valence-electron chi connectivity index (χ4n) is 2.00. The van der Waals surface area contributed by atoms with Gasteiger partial charge in [-0.2, -0.15) is 0 Å². The fourth-order valence-corrected chi connectivity index (χ4v) is 2.00. The normalized spacial score (nSPS) is 17.5. The number of aromatic nitrogens is 2. The Balaban J connectivity index is 2.00. The van der Waals surface area contributed by atoms with Gasteiger partial charge in [0.25, 0.3) is 0 Å². The summed E-state index contributed by atoms with van der Waals surface area (Å²) in [7, 11) is 1.54. The Morgan fingerprint density at radius 1 is 1.35 bits per heavy atom. The minimum absolute atomic E-state index is 0.477. The van der Waals surface area contributed by atoms with Gasteiger partial charge in [0.15, 0.2) is 0 Å². The highest BCUT2D eigenvalue weighted by Crippen LogP contribution is 2.26. The van der Waals surface area contributed by atoms with E-state index < -0.39 is 12.3 Å². The van der Waals surface area contributed by atoms with E-state index in [0.717, 1.165) is 5.82 Å². The number of alkyl halides is 2. The average Bonchev–Trinajstić information content (AvgIpc) is 2.39. The topological polar surface area (TPSA) is 38.2 Å². The first-order chi connectivity index (χ1) is 8.20. The molecule has 0 aliphatic carbocycles. The summed E-state index contributed by atoms with van der Waals surface area (Å²) in [6.45, 7) is 1.21. The molecule has 0 atom stereocenters. The molecule has 0 radical (unpaired) electrons. The first kappa shape index (κ1) is 12.0. The van der Waals surface area contributed by atoms with Gasteiger partial charge in [0.1, 0.15) is 12.1 Å². The summed E-state index contributed by atoms with van der Waals surface area (Å²) in [5.74, 6) is 0.755. The standard InChI is InChI=1S/C11H15F2N3O/c1-17-10-6-9(14-7-15-10)16-4-2-8(3-5-16)11(12)13/h6-8,11H,2-5H2,1H3. The second kappa shape index (κ2) is 5.25. The third kappa shape index (κ3) is 2.81. The van der Waals surface area contributed by atoms with Crippen LogP contribution in [0.5, 0.6) is 5.88 Å². The maximum absolute atomic E-state index is 12.5. The summed E-state index contributed by atoms with van der Waals surface area (Å²) < 4.78 is 30.0. The predicted molar refractivity (Wildman–Crippen MR) is 59.5 cm³/mol. The van der Waals surface area contributed by atoms with E-state index in [0.29, 0.717) is 31.8 Å². The predicted octanol–water partition coefficient (Wildman–Crippen LogP) is 1.97. The quantitative estimate of drug-likeness (QED) is 0.813. The molecule has 0 spiro atoms. The van der Waals surface area contributed by atoms with Crippen LogP contribution in [0, 0.1) is 5.92 Å². The Morgan fingerprint density at radius 2 is 2.06 bits per heavy atom. The molecule has 0 amide bonds. The van der Waals surface area contributed by atoms with E-state index in [9.17, 15) is 8.78 Å². The molecule has 1 aromatic rings. The van der Waals surface area contributed by atoms with Crippen molar-refractivity contribution in [3.05, 3.63) is 12.4 Å². The van der Waals surface area contributed by atoms with Gasteiger partial charge in [0.2, 0.25) is 12.3 Å². The number of methoxy groups -OCH3 is 1. The van der Waals surface area contributed by atoms with Crippen LogP contribution in [0.2, 0.25) is 0 Å². The summed E-state index contributed by atoms with van der Waals surface area (Å²) in [6.07, 6.45) is 0.221. The van der Waals surface area contributed by atoms with Crippen molar-refractivity contribution in [3.8, 4) is 5.88 Å². The average molecular weight is 243 g/mol. The molecule has 1 aliphatic rings. The van der Waals surface area contributed by atoms with Crippen LogP contribution in [-0.4, -0.2) is 36.6 Å². The van der Waals surface area contributed by atoms with E-state index in [1.807, 2.05) is 4.90 Å². The van der Waals surface area contributed by atoms with E-state index in [2.05, 4.69) is 9.97 Å². The van der Waals surface area contributed by atoms with E-state index >= 15 is 0 Å². The molecular weight excluding hydrogens is 228 g/mol. The minimum Gasteiger partial charge on any atom is -0.481 e. The number of nitrogens with zero attached hydrogens (tertiary/aromatic N) is 3. The van der Waals surface area contributed by atoms with Crippen LogP contribution in [0.4, 0.5) is 14.6 Å². The van der Waals surface area contributed by atoms with Gasteiger partial charge in [0.05, 0.1) is 7.11 Å². The third-order valence-corrected chi connectivity index (χ3v) is 3.06. The summed E-state index contributed by atoms with van der Waals surface area (Å²) >= 11 is 0. The number of hydrogen-bond acceptors (Lipinski definition) is 4. The number of ether oxygens (including phenoxy) is 1. The van der Waals surface area contributed by atoms with Crippen molar-refractivity contribution in [3.63, 3.8) is 0 Å². The van der Waals surface area contributed by atoms with Gasteiger partial charge in [-0.3, -0.25) is 0 Å². The minimum atomic E-state index is -2.21. The lowest BCUT2D eigenvalue weighted by molar-refractivity contribution is 0.0635. The van der Waals surface area contributed by atoms with Crippen molar-refractivity contribution in [2.45, 2.75) is 19.3 Å². The maximum Gasteiger partial charge on any atom is 0.241 e. The Hall–Kier alpha value is -1.46. The molecule has 4 nitrogen and oxygen atoms in total. The maximum atomic E-state index is 12.5. The van der Waals surface area contributed by atoms with Crippen LogP contribution >= 0.6 is 0 Å². The smallest absolute Gasteiger partial charge is 0.241 e. The van der Waals surface area contributed by atoms with Crippen molar-refractivity contribution in [2.75, 3.05) is 25.1 Å². The second-order valence-corrected chi connectivity index (χ2v) is 4.08. The van der Waals surface area contributed by atoms with Crippen molar-refractivity contribution in [1.82, 2.24) is 9.97 Å². The fraction of sp³-hybridized carbons (Fsp3) is 0.636. The summed E-state index contributed by atoms with van der Waals surface area (Å²) in [6, 6.07) is 1.72. The molecule has 6 heteroatoms. The molecular formula is C11H15F2N3O. The molecule has 2 heterocycles. The molecule has 17 heavy (non-hydrogen) atoms. The van der Waals surface area contributed by atoms with Crippen LogP contribution < -0.4 is 9.64 Å². The van der Waals surface area contributed by atoms with Crippen LogP contribution in [0.1, 0.15) is 12.8 Å². The zero-order valence-corrected chi connectivity index (χ0v) is 9.64. The lowest BCUT2D eigenvalue weighted by Crippen LogP contribution is -2.36. The number of rotatable bonds is 3. The molecule has 1 aliphatic heterocycles. The van der Waals surface area contributed by atoms with Crippen molar-refractivity contribution in [2.24, 2.45) is 5.92 Å². The zero-order valence-electron chi connectivity index (χ0n) is 9.64. The molecule has 2 rings (SSSR count). The molecule has 1 saturated heterocycles. The molecule has 1 fully saturated rings. The van der Waals surface area contributed by atoms with Gasteiger partial charge in [-0.15, -0.1) is 0 Å². The van der Waals surface area contributed by atoms with E-state index in [1.165, 1.54) is 13.4 Å². The number of piperidine rings is 1. The van der Waals surface area contributed by atoms with Gasteiger partial charge >= 0.3 is 0 Å². The van der Waals surface area contributed by atoms with Gasteiger partial charge in [-0.05, 0) is 12.8 Å². The molecule has 0 bridgehead atoms. The monoisotopic (exact) mass is 243 g/mol. The summed E-state index contributed by atoms with van der Waals surface area (Å²) in [5, 5.41) is 0. The van der Waals surface area contributed by atoms with E-state index in [-0.39, 0.29) is 0 Å². The second-order valence-electron chi connectivity index (χ2n) is 4.08.